The zero-order valence-corrected chi connectivity index (χ0v) is 23.4. The summed E-state index contributed by atoms with van der Waals surface area (Å²) in [6, 6.07) is 16.6. The second-order valence-electron chi connectivity index (χ2n) is 10.6. The third kappa shape index (κ3) is 3.59. The number of halogens is 1. The molecule has 1 amide bonds. The van der Waals surface area contributed by atoms with E-state index < -0.39 is 22.0 Å². The Morgan fingerprint density at radius 3 is 2.33 bits per heavy atom. The summed E-state index contributed by atoms with van der Waals surface area (Å²) in [6.07, 6.45) is 3.33. The number of amides is 1. The van der Waals surface area contributed by atoms with Crippen molar-refractivity contribution in [3.05, 3.63) is 100 Å². The normalized spacial score (nSPS) is 20.7. The molecule has 1 saturated carbocycles. The highest BCUT2D eigenvalue weighted by atomic mass is 35.5. The molecule has 40 heavy (non-hydrogen) atoms. The molecule has 2 aromatic heterocycles. The number of hydrogen-bond acceptors (Lipinski definition) is 6. The van der Waals surface area contributed by atoms with Gasteiger partial charge in [0.15, 0.2) is 5.78 Å². The molecule has 2 unspecified atom stereocenters. The maximum atomic E-state index is 14.3. The van der Waals surface area contributed by atoms with Gasteiger partial charge in [-0.3, -0.25) is 19.3 Å². The first-order chi connectivity index (χ1) is 19.2. The Bertz CT molecular complexity index is 1790. The van der Waals surface area contributed by atoms with E-state index >= 15 is 0 Å². The van der Waals surface area contributed by atoms with Crippen molar-refractivity contribution < 1.29 is 18.0 Å². The predicted molar refractivity (Wildman–Crippen MR) is 149 cm³/mol. The highest BCUT2D eigenvalue weighted by Gasteiger charge is 2.50. The van der Waals surface area contributed by atoms with Crippen molar-refractivity contribution in [2.24, 2.45) is 5.92 Å². The van der Waals surface area contributed by atoms with Crippen LogP contribution in [-0.2, 0) is 10.0 Å². The summed E-state index contributed by atoms with van der Waals surface area (Å²) in [7, 11) is -4.05. The number of rotatable bonds is 5. The van der Waals surface area contributed by atoms with E-state index in [1.165, 1.54) is 18.3 Å². The lowest BCUT2D eigenvalue weighted by molar-refractivity contribution is 0.0683. The van der Waals surface area contributed by atoms with E-state index in [4.69, 9.17) is 16.7 Å². The van der Waals surface area contributed by atoms with Gasteiger partial charge in [-0.05, 0) is 55.7 Å². The topological polar surface area (TPSA) is 97.5 Å². The van der Waals surface area contributed by atoms with E-state index in [0.717, 1.165) is 33.6 Å². The molecule has 2 aliphatic heterocycles. The van der Waals surface area contributed by atoms with E-state index in [1.807, 2.05) is 23.7 Å². The summed E-state index contributed by atoms with van der Waals surface area (Å²) in [5.41, 5.74) is 3.40. The predicted octanol–water partition coefficient (Wildman–Crippen LogP) is 5.02. The summed E-state index contributed by atoms with van der Waals surface area (Å²) in [5.74, 6) is -1.08. The van der Waals surface area contributed by atoms with Gasteiger partial charge in [0.25, 0.3) is 15.9 Å². The Morgan fingerprint density at radius 2 is 1.65 bits per heavy atom. The standard InChI is InChI=1S/C29H26ClN5O4S/c1-17-16-32(23-14-15-33(26(23)28(17)36)40(38,39)22-6-4-3-5-7-22)35-25(19-8-10-20(30)11-9-19)24-18(2)31-34(21-12-13-21)27(24)29(35)37/h3-11,14-15,17,21,25H,12-13,16H2,1-2H3. The van der Waals surface area contributed by atoms with Gasteiger partial charge in [0.05, 0.1) is 22.3 Å². The first kappa shape index (κ1) is 25.1. The van der Waals surface area contributed by atoms with Crippen LogP contribution in [0.3, 0.4) is 0 Å². The number of ketones is 1. The molecule has 204 valence electrons. The Morgan fingerprint density at radius 1 is 0.950 bits per heavy atom. The van der Waals surface area contributed by atoms with Gasteiger partial charge in [0.2, 0.25) is 0 Å². The van der Waals surface area contributed by atoms with E-state index in [-0.39, 0.29) is 34.9 Å². The molecular formula is C29H26ClN5O4S. The van der Waals surface area contributed by atoms with Crippen LogP contribution in [-0.4, -0.2) is 45.4 Å². The van der Waals surface area contributed by atoms with Crippen molar-refractivity contribution in [1.82, 2.24) is 18.8 Å². The molecule has 2 atom stereocenters. The molecule has 1 aliphatic carbocycles. The van der Waals surface area contributed by atoms with Crippen LogP contribution in [0.5, 0.6) is 0 Å². The van der Waals surface area contributed by atoms with Crippen molar-refractivity contribution in [3.63, 3.8) is 0 Å². The number of benzene rings is 2. The van der Waals surface area contributed by atoms with Crippen molar-refractivity contribution in [2.45, 2.75) is 43.7 Å². The van der Waals surface area contributed by atoms with E-state index in [0.29, 0.717) is 16.4 Å². The molecule has 4 aromatic rings. The number of aryl methyl sites for hydroxylation is 1. The largest absolute Gasteiger partial charge is 0.292 e. The summed E-state index contributed by atoms with van der Waals surface area (Å²) >= 11 is 6.21. The first-order valence-electron chi connectivity index (χ1n) is 13.2. The maximum Gasteiger partial charge on any atom is 0.291 e. The highest BCUT2D eigenvalue weighted by molar-refractivity contribution is 7.90. The van der Waals surface area contributed by atoms with Crippen molar-refractivity contribution in [1.29, 1.82) is 0 Å². The fraction of sp³-hybridized carbons (Fsp3) is 0.276. The SMILES string of the molecule is Cc1nn(C2CC2)c2c1C(c1ccc(Cl)cc1)N(N1CC(C)C(=O)c3c1ccn3S(=O)(=O)c1ccccc1)C2=O. The molecule has 0 radical (unpaired) electrons. The summed E-state index contributed by atoms with van der Waals surface area (Å²) in [4.78, 5) is 27.9. The van der Waals surface area contributed by atoms with Crippen LogP contribution in [0.2, 0.25) is 5.02 Å². The molecule has 1 fully saturated rings. The Balaban J connectivity index is 1.41. The zero-order valence-electron chi connectivity index (χ0n) is 21.9. The minimum absolute atomic E-state index is 0.0433. The van der Waals surface area contributed by atoms with Crippen LogP contribution < -0.4 is 5.01 Å². The van der Waals surface area contributed by atoms with Crippen molar-refractivity contribution in [3.8, 4) is 0 Å². The van der Waals surface area contributed by atoms with Crippen molar-refractivity contribution in [2.75, 3.05) is 11.6 Å². The Kier molecular flexibility index (Phi) is 5.53. The number of nitrogens with zero attached hydrogens (tertiary/aromatic N) is 5. The lowest BCUT2D eigenvalue weighted by atomic mass is 9.97. The van der Waals surface area contributed by atoms with Crippen molar-refractivity contribution >= 4 is 39.0 Å². The number of Topliss-reactive ketones (excluding diaryl/α,β-unsaturated/α-hetero) is 1. The quantitative estimate of drug-likeness (QED) is 0.331. The first-order valence-corrected chi connectivity index (χ1v) is 15.0. The molecule has 3 aliphatic rings. The molecule has 11 heteroatoms. The van der Waals surface area contributed by atoms with E-state index in [1.54, 1.807) is 53.3 Å². The molecule has 0 spiro atoms. The minimum atomic E-state index is -4.05. The Hall–Kier alpha value is -3.89. The number of anilines is 1. The van der Waals surface area contributed by atoms with Crippen LogP contribution in [0, 0.1) is 12.8 Å². The van der Waals surface area contributed by atoms with Gasteiger partial charge in [-0.15, -0.1) is 0 Å². The molecular weight excluding hydrogens is 550 g/mol. The fourth-order valence-electron chi connectivity index (χ4n) is 5.87. The Labute approximate surface area is 236 Å². The summed E-state index contributed by atoms with van der Waals surface area (Å²) in [5, 5.41) is 8.77. The zero-order chi connectivity index (χ0) is 27.9. The van der Waals surface area contributed by atoms with Gasteiger partial charge in [-0.25, -0.2) is 17.4 Å². The molecule has 2 aromatic carbocycles. The van der Waals surface area contributed by atoms with Gasteiger partial charge in [0, 0.05) is 29.2 Å². The molecule has 9 nitrogen and oxygen atoms in total. The summed E-state index contributed by atoms with van der Waals surface area (Å²) in [6.45, 7) is 3.89. The minimum Gasteiger partial charge on any atom is -0.292 e. The van der Waals surface area contributed by atoms with E-state index in [9.17, 15) is 18.0 Å². The number of carbonyl (C=O) groups excluding carboxylic acids is 2. The smallest absolute Gasteiger partial charge is 0.291 e. The molecule has 0 bridgehead atoms. The number of hydrogen-bond donors (Lipinski definition) is 0. The number of hydrazine groups is 1. The molecule has 7 rings (SSSR count). The molecule has 0 saturated heterocycles. The van der Waals surface area contributed by atoms with Gasteiger partial charge < -0.3 is 0 Å². The van der Waals surface area contributed by atoms with Gasteiger partial charge in [-0.2, -0.15) is 5.10 Å². The summed E-state index contributed by atoms with van der Waals surface area (Å²) < 4.78 is 30.1. The average Bonchev–Trinajstić information content (AvgIpc) is 3.48. The van der Waals surface area contributed by atoms with Gasteiger partial charge in [0.1, 0.15) is 17.4 Å². The van der Waals surface area contributed by atoms with Crippen LogP contribution in [0.25, 0.3) is 0 Å². The van der Waals surface area contributed by atoms with Gasteiger partial charge in [-0.1, -0.05) is 48.9 Å². The third-order valence-electron chi connectivity index (χ3n) is 7.94. The van der Waals surface area contributed by atoms with Crippen LogP contribution >= 0.6 is 11.6 Å². The monoisotopic (exact) mass is 575 g/mol. The lowest BCUT2D eigenvalue weighted by Crippen LogP contribution is -2.51. The third-order valence-corrected chi connectivity index (χ3v) is 9.88. The van der Waals surface area contributed by atoms with E-state index in [2.05, 4.69) is 0 Å². The highest BCUT2D eigenvalue weighted by Crippen LogP contribution is 2.48. The molecule has 0 N–H and O–H groups in total. The number of carbonyl (C=O) groups is 2. The van der Waals surface area contributed by atoms with Crippen LogP contribution in [0.4, 0.5) is 5.69 Å². The number of fused-ring (bicyclic) bond motifs is 2. The average molecular weight is 576 g/mol. The second-order valence-corrected chi connectivity index (χ2v) is 12.9. The second kappa shape index (κ2) is 8.81. The maximum absolute atomic E-state index is 14.3. The van der Waals surface area contributed by atoms with Gasteiger partial charge >= 0.3 is 0 Å². The fourth-order valence-corrected chi connectivity index (χ4v) is 7.37. The number of aromatic nitrogens is 3. The van der Waals surface area contributed by atoms with Crippen LogP contribution in [0.15, 0.2) is 71.8 Å². The lowest BCUT2D eigenvalue weighted by Gasteiger charge is -2.41. The van der Waals surface area contributed by atoms with Crippen LogP contribution in [0.1, 0.15) is 69.6 Å². The molecule has 4 heterocycles.